The van der Waals surface area contributed by atoms with Crippen LogP contribution in [0.2, 0.25) is 0 Å². The molecular formula is C14H16F2N2O2S. The molecule has 0 spiro atoms. The average Bonchev–Trinajstić information content (AvgIpc) is 2.89. The van der Waals surface area contributed by atoms with Gasteiger partial charge < -0.3 is 15.2 Å². The molecule has 2 rings (SSSR count). The van der Waals surface area contributed by atoms with Crippen molar-refractivity contribution >= 4 is 11.3 Å². The van der Waals surface area contributed by atoms with E-state index in [1.807, 2.05) is 6.92 Å². The molecule has 0 aliphatic carbocycles. The third-order valence-corrected chi connectivity index (χ3v) is 3.45. The fraction of sp³-hybridized carbons (Fsp3) is 0.357. The first-order valence-corrected chi connectivity index (χ1v) is 7.32. The lowest BCUT2D eigenvalue weighted by Gasteiger charge is -2.12. The molecule has 0 atom stereocenters. The van der Waals surface area contributed by atoms with Crippen molar-refractivity contribution in [2.45, 2.75) is 6.92 Å². The van der Waals surface area contributed by atoms with Gasteiger partial charge in [0.2, 0.25) is 5.82 Å². The number of hydrogen-bond donors (Lipinski definition) is 1. The predicted molar refractivity (Wildman–Crippen MR) is 77.6 cm³/mol. The number of thiazole rings is 1. The summed E-state index contributed by atoms with van der Waals surface area (Å²) in [6, 6.07) is 2.53. The van der Waals surface area contributed by atoms with Crippen LogP contribution in [0, 0.1) is 18.6 Å². The maximum absolute atomic E-state index is 13.9. The minimum Gasteiger partial charge on any atom is -0.487 e. The number of benzene rings is 1. The van der Waals surface area contributed by atoms with Crippen molar-refractivity contribution in [1.82, 2.24) is 4.98 Å². The normalized spacial score (nSPS) is 10.9. The van der Waals surface area contributed by atoms with Crippen LogP contribution in [0.1, 0.15) is 5.01 Å². The lowest BCUT2D eigenvalue weighted by molar-refractivity contribution is 0.104. The Labute approximate surface area is 125 Å². The zero-order chi connectivity index (χ0) is 15.2. The van der Waals surface area contributed by atoms with Gasteiger partial charge in [0.1, 0.15) is 6.61 Å². The molecule has 2 aromatic rings. The van der Waals surface area contributed by atoms with E-state index in [4.69, 9.17) is 15.2 Å². The van der Waals surface area contributed by atoms with Gasteiger partial charge in [0.25, 0.3) is 0 Å². The maximum atomic E-state index is 13.9. The second kappa shape index (κ2) is 7.44. The summed E-state index contributed by atoms with van der Waals surface area (Å²) < 4.78 is 37.8. The van der Waals surface area contributed by atoms with Crippen LogP contribution in [0.3, 0.4) is 0 Å². The van der Waals surface area contributed by atoms with Gasteiger partial charge in [-0.25, -0.2) is 9.37 Å². The lowest BCUT2D eigenvalue weighted by atomic mass is 10.1. The molecule has 0 amide bonds. The first-order valence-electron chi connectivity index (χ1n) is 6.44. The van der Waals surface area contributed by atoms with Crippen molar-refractivity contribution in [1.29, 1.82) is 0 Å². The molecule has 1 heterocycles. The van der Waals surface area contributed by atoms with E-state index in [2.05, 4.69) is 4.98 Å². The Hall–Kier alpha value is -1.57. The fourth-order valence-electron chi connectivity index (χ4n) is 1.75. The van der Waals surface area contributed by atoms with Crippen molar-refractivity contribution in [3.05, 3.63) is 34.2 Å². The monoisotopic (exact) mass is 314 g/mol. The second-order valence-electron chi connectivity index (χ2n) is 4.24. The molecule has 0 bridgehead atoms. The zero-order valence-electron chi connectivity index (χ0n) is 11.6. The Morgan fingerprint density at radius 1 is 1.24 bits per heavy atom. The van der Waals surface area contributed by atoms with Gasteiger partial charge in [-0.2, -0.15) is 4.39 Å². The smallest absolute Gasteiger partial charge is 0.201 e. The quantitative estimate of drug-likeness (QED) is 0.798. The average molecular weight is 314 g/mol. The van der Waals surface area contributed by atoms with E-state index in [-0.39, 0.29) is 19.0 Å². The highest BCUT2D eigenvalue weighted by molar-refractivity contribution is 7.09. The van der Waals surface area contributed by atoms with Crippen molar-refractivity contribution in [3.8, 4) is 17.0 Å². The van der Waals surface area contributed by atoms with E-state index < -0.39 is 11.6 Å². The van der Waals surface area contributed by atoms with E-state index in [1.54, 1.807) is 5.38 Å². The van der Waals surface area contributed by atoms with Crippen LogP contribution in [-0.4, -0.2) is 31.3 Å². The van der Waals surface area contributed by atoms with Gasteiger partial charge in [-0.05, 0) is 19.1 Å². The predicted octanol–water partition coefficient (Wildman–Crippen LogP) is 2.75. The summed E-state index contributed by atoms with van der Waals surface area (Å²) in [4.78, 5) is 4.27. The molecular weight excluding hydrogens is 298 g/mol. The number of nitrogens with zero attached hydrogens (tertiary/aromatic N) is 1. The molecule has 0 fully saturated rings. The van der Waals surface area contributed by atoms with Gasteiger partial charge >= 0.3 is 0 Å². The van der Waals surface area contributed by atoms with Crippen LogP contribution >= 0.6 is 11.3 Å². The zero-order valence-corrected chi connectivity index (χ0v) is 12.4. The van der Waals surface area contributed by atoms with Gasteiger partial charge in [0, 0.05) is 17.5 Å². The minimum absolute atomic E-state index is 0.108. The Morgan fingerprint density at radius 2 is 2.05 bits per heavy atom. The van der Waals surface area contributed by atoms with E-state index in [0.717, 1.165) is 11.1 Å². The molecule has 4 nitrogen and oxygen atoms in total. The van der Waals surface area contributed by atoms with Crippen LogP contribution in [0.15, 0.2) is 17.5 Å². The summed E-state index contributed by atoms with van der Waals surface area (Å²) in [5.74, 6) is -2.11. The van der Waals surface area contributed by atoms with E-state index in [9.17, 15) is 8.78 Å². The van der Waals surface area contributed by atoms with E-state index in [1.165, 1.54) is 17.4 Å². The van der Waals surface area contributed by atoms with Crippen molar-refractivity contribution in [2.24, 2.45) is 5.73 Å². The molecule has 2 N–H and O–H groups in total. The van der Waals surface area contributed by atoms with Crippen LogP contribution in [0.25, 0.3) is 11.3 Å². The third-order valence-electron chi connectivity index (χ3n) is 2.68. The summed E-state index contributed by atoms with van der Waals surface area (Å²) in [6.07, 6.45) is 0. The fourth-order valence-corrected chi connectivity index (χ4v) is 2.36. The number of halogens is 2. The summed E-state index contributed by atoms with van der Waals surface area (Å²) in [7, 11) is 0. The Morgan fingerprint density at radius 3 is 2.71 bits per heavy atom. The molecule has 7 heteroatoms. The largest absolute Gasteiger partial charge is 0.487 e. The molecule has 0 aliphatic heterocycles. The molecule has 0 saturated carbocycles. The molecule has 0 radical (unpaired) electrons. The van der Waals surface area contributed by atoms with Crippen LogP contribution < -0.4 is 10.5 Å². The molecule has 1 aromatic carbocycles. The highest BCUT2D eigenvalue weighted by Crippen LogP contribution is 2.34. The number of nitrogens with two attached hydrogens (primary N) is 1. The Balaban J connectivity index is 2.19. The molecule has 1 aromatic heterocycles. The van der Waals surface area contributed by atoms with Crippen LogP contribution in [-0.2, 0) is 4.74 Å². The topological polar surface area (TPSA) is 57.4 Å². The molecule has 0 saturated heterocycles. The Kier molecular flexibility index (Phi) is 5.60. The van der Waals surface area contributed by atoms with E-state index >= 15 is 0 Å². The second-order valence-corrected chi connectivity index (χ2v) is 5.30. The van der Waals surface area contributed by atoms with Crippen LogP contribution in [0.5, 0.6) is 5.75 Å². The van der Waals surface area contributed by atoms with Crippen molar-refractivity contribution in [2.75, 3.05) is 26.4 Å². The van der Waals surface area contributed by atoms with Gasteiger partial charge in [0.15, 0.2) is 11.6 Å². The number of ether oxygens (including phenoxy) is 2. The molecule has 0 unspecified atom stereocenters. The molecule has 0 aliphatic rings. The number of aryl methyl sites for hydroxylation is 1. The van der Waals surface area contributed by atoms with Gasteiger partial charge in [-0.1, -0.05) is 0 Å². The molecule has 21 heavy (non-hydrogen) atoms. The first kappa shape index (κ1) is 15.8. The van der Waals surface area contributed by atoms with Gasteiger partial charge in [-0.3, -0.25) is 0 Å². The highest BCUT2D eigenvalue weighted by Gasteiger charge is 2.18. The Bertz CT molecular complexity index is 605. The lowest BCUT2D eigenvalue weighted by Crippen LogP contribution is -2.14. The number of aromatic nitrogens is 1. The van der Waals surface area contributed by atoms with Crippen LogP contribution in [0.4, 0.5) is 8.78 Å². The third kappa shape index (κ3) is 3.96. The van der Waals surface area contributed by atoms with Gasteiger partial charge in [0.05, 0.1) is 23.9 Å². The summed E-state index contributed by atoms with van der Waals surface area (Å²) in [5.41, 5.74) is 6.28. The summed E-state index contributed by atoms with van der Waals surface area (Å²) >= 11 is 1.43. The maximum Gasteiger partial charge on any atom is 0.201 e. The van der Waals surface area contributed by atoms with Gasteiger partial charge in [-0.15, -0.1) is 11.3 Å². The standard InChI is InChI=1S/C14H16F2N2O2S/c1-9-18-12(8-21-9)10-2-3-11(15)13(16)14(10)20-7-6-19-5-4-17/h2-3,8H,4-7,17H2,1H3. The summed E-state index contributed by atoms with van der Waals surface area (Å²) in [6.45, 7) is 3.00. The SMILES string of the molecule is Cc1nc(-c2ccc(F)c(F)c2OCCOCCN)cs1. The van der Waals surface area contributed by atoms with Crippen molar-refractivity contribution < 1.29 is 18.3 Å². The van der Waals surface area contributed by atoms with E-state index in [0.29, 0.717) is 24.4 Å². The molecule has 114 valence electrons. The number of rotatable bonds is 7. The number of hydrogen-bond acceptors (Lipinski definition) is 5. The first-order chi connectivity index (χ1) is 10.1. The van der Waals surface area contributed by atoms with Crippen molar-refractivity contribution in [3.63, 3.8) is 0 Å². The highest BCUT2D eigenvalue weighted by atomic mass is 32.1. The minimum atomic E-state index is -1.02. The summed E-state index contributed by atoms with van der Waals surface area (Å²) in [5, 5.41) is 2.62.